The van der Waals surface area contributed by atoms with Gasteiger partial charge < -0.3 is 14.7 Å². The molecular weight excluding hydrogens is 214 g/mol. The van der Waals surface area contributed by atoms with Gasteiger partial charge in [-0.05, 0) is 33.9 Å². The van der Waals surface area contributed by atoms with Crippen molar-refractivity contribution in [2.75, 3.05) is 20.2 Å². The predicted molar refractivity (Wildman–Crippen MR) is 70.3 cm³/mol. The SMILES string of the molecule is CCOc1ccccc1C(O)CN(C)C(C)C. The number of hydrogen-bond donors (Lipinski definition) is 1. The lowest BCUT2D eigenvalue weighted by Gasteiger charge is -2.25. The maximum atomic E-state index is 10.2. The zero-order valence-electron chi connectivity index (χ0n) is 11.2. The van der Waals surface area contributed by atoms with E-state index in [1.807, 2.05) is 38.2 Å². The number of aliphatic hydroxyl groups is 1. The van der Waals surface area contributed by atoms with Crippen molar-refractivity contribution in [2.24, 2.45) is 0 Å². The maximum Gasteiger partial charge on any atom is 0.125 e. The Hall–Kier alpha value is -1.06. The second-order valence-corrected chi connectivity index (χ2v) is 4.52. The summed E-state index contributed by atoms with van der Waals surface area (Å²) in [4.78, 5) is 2.12. The van der Waals surface area contributed by atoms with E-state index >= 15 is 0 Å². The molecule has 0 aliphatic rings. The highest BCUT2D eigenvalue weighted by Gasteiger charge is 2.16. The molecule has 0 saturated heterocycles. The van der Waals surface area contributed by atoms with E-state index < -0.39 is 6.10 Å². The molecule has 0 aliphatic heterocycles. The molecular formula is C14H23NO2. The van der Waals surface area contributed by atoms with Gasteiger partial charge in [-0.2, -0.15) is 0 Å². The molecule has 1 aromatic carbocycles. The molecule has 1 unspecified atom stereocenters. The Bertz CT molecular complexity index is 339. The number of ether oxygens (including phenoxy) is 1. The van der Waals surface area contributed by atoms with E-state index in [4.69, 9.17) is 4.74 Å². The van der Waals surface area contributed by atoms with E-state index in [9.17, 15) is 5.11 Å². The number of hydrogen-bond acceptors (Lipinski definition) is 3. The van der Waals surface area contributed by atoms with Crippen molar-refractivity contribution in [1.82, 2.24) is 4.90 Å². The van der Waals surface area contributed by atoms with Crippen LogP contribution in [0.5, 0.6) is 5.75 Å². The van der Waals surface area contributed by atoms with Gasteiger partial charge in [0.15, 0.2) is 0 Å². The number of para-hydroxylation sites is 1. The summed E-state index contributed by atoms with van der Waals surface area (Å²) in [5.41, 5.74) is 0.863. The Morgan fingerprint density at radius 3 is 2.53 bits per heavy atom. The molecule has 0 fully saturated rings. The highest BCUT2D eigenvalue weighted by atomic mass is 16.5. The highest BCUT2D eigenvalue weighted by Crippen LogP contribution is 2.25. The summed E-state index contributed by atoms with van der Waals surface area (Å²) < 4.78 is 5.52. The number of aliphatic hydroxyl groups excluding tert-OH is 1. The fraction of sp³-hybridized carbons (Fsp3) is 0.571. The molecule has 0 bridgehead atoms. The summed E-state index contributed by atoms with van der Waals surface area (Å²) in [7, 11) is 2.01. The summed E-state index contributed by atoms with van der Waals surface area (Å²) in [5.74, 6) is 0.777. The molecule has 1 atom stereocenters. The van der Waals surface area contributed by atoms with Gasteiger partial charge in [-0.25, -0.2) is 0 Å². The molecule has 0 radical (unpaired) electrons. The lowest BCUT2D eigenvalue weighted by molar-refractivity contribution is 0.109. The first-order valence-corrected chi connectivity index (χ1v) is 6.16. The van der Waals surface area contributed by atoms with Gasteiger partial charge in [0, 0.05) is 18.2 Å². The van der Waals surface area contributed by atoms with Crippen molar-refractivity contribution in [3.8, 4) is 5.75 Å². The zero-order chi connectivity index (χ0) is 12.8. The Morgan fingerprint density at radius 2 is 1.94 bits per heavy atom. The van der Waals surface area contributed by atoms with Crippen molar-refractivity contribution >= 4 is 0 Å². The van der Waals surface area contributed by atoms with Crippen molar-refractivity contribution in [1.29, 1.82) is 0 Å². The molecule has 1 N–H and O–H groups in total. The van der Waals surface area contributed by atoms with Crippen LogP contribution in [-0.2, 0) is 0 Å². The minimum absolute atomic E-state index is 0.420. The predicted octanol–water partition coefficient (Wildman–Crippen LogP) is 2.46. The Morgan fingerprint density at radius 1 is 1.29 bits per heavy atom. The highest BCUT2D eigenvalue weighted by molar-refractivity contribution is 5.35. The van der Waals surface area contributed by atoms with E-state index in [1.54, 1.807) is 0 Å². The number of rotatable bonds is 6. The first-order valence-electron chi connectivity index (χ1n) is 6.16. The Kier molecular flexibility index (Phi) is 5.45. The minimum Gasteiger partial charge on any atom is -0.493 e. The molecule has 96 valence electrons. The molecule has 0 spiro atoms. The van der Waals surface area contributed by atoms with Gasteiger partial charge in [0.25, 0.3) is 0 Å². The van der Waals surface area contributed by atoms with Gasteiger partial charge in [0.05, 0.1) is 12.7 Å². The topological polar surface area (TPSA) is 32.7 Å². The van der Waals surface area contributed by atoms with E-state index in [1.165, 1.54) is 0 Å². The monoisotopic (exact) mass is 237 g/mol. The van der Waals surface area contributed by atoms with Gasteiger partial charge in [0.2, 0.25) is 0 Å². The molecule has 0 saturated carbocycles. The van der Waals surface area contributed by atoms with Crippen LogP contribution >= 0.6 is 0 Å². The third-order valence-corrected chi connectivity index (χ3v) is 2.92. The molecule has 1 rings (SSSR count). The van der Waals surface area contributed by atoms with Crippen LogP contribution in [0.2, 0.25) is 0 Å². The molecule has 3 nitrogen and oxygen atoms in total. The summed E-state index contributed by atoms with van der Waals surface area (Å²) in [6.45, 7) is 7.40. The molecule has 0 amide bonds. The third-order valence-electron chi connectivity index (χ3n) is 2.92. The van der Waals surface area contributed by atoms with Crippen molar-refractivity contribution in [3.63, 3.8) is 0 Å². The van der Waals surface area contributed by atoms with Gasteiger partial charge in [-0.15, -0.1) is 0 Å². The van der Waals surface area contributed by atoms with Crippen LogP contribution in [-0.4, -0.2) is 36.2 Å². The first-order chi connectivity index (χ1) is 8.06. The van der Waals surface area contributed by atoms with Crippen LogP contribution in [0.4, 0.5) is 0 Å². The second-order valence-electron chi connectivity index (χ2n) is 4.52. The molecule has 1 aromatic rings. The molecule has 0 aromatic heterocycles. The molecule has 0 aliphatic carbocycles. The smallest absolute Gasteiger partial charge is 0.125 e. The van der Waals surface area contributed by atoms with Crippen LogP contribution in [0.1, 0.15) is 32.4 Å². The normalized spacial score (nSPS) is 13.1. The van der Waals surface area contributed by atoms with Crippen molar-refractivity contribution in [2.45, 2.75) is 32.9 Å². The molecule has 0 heterocycles. The van der Waals surface area contributed by atoms with E-state index in [2.05, 4.69) is 18.7 Å². The van der Waals surface area contributed by atoms with Crippen LogP contribution in [0.3, 0.4) is 0 Å². The summed E-state index contributed by atoms with van der Waals surface area (Å²) in [5, 5.41) is 10.2. The maximum absolute atomic E-state index is 10.2. The Balaban J connectivity index is 2.77. The third kappa shape index (κ3) is 4.02. The molecule has 17 heavy (non-hydrogen) atoms. The first kappa shape index (κ1) is 14.0. The fourth-order valence-corrected chi connectivity index (χ4v) is 1.62. The van der Waals surface area contributed by atoms with Gasteiger partial charge in [-0.1, -0.05) is 18.2 Å². The van der Waals surface area contributed by atoms with E-state index in [0.29, 0.717) is 19.2 Å². The molecule has 3 heteroatoms. The second kappa shape index (κ2) is 6.62. The summed E-state index contributed by atoms with van der Waals surface area (Å²) in [6, 6.07) is 8.09. The van der Waals surface area contributed by atoms with E-state index in [-0.39, 0.29) is 0 Å². The number of likely N-dealkylation sites (N-methyl/N-ethyl adjacent to an activating group) is 1. The van der Waals surface area contributed by atoms with Crippen molar-refractivity contribution in [3.05, 3.63) is 29.8 Å². The van der Waals surface area contributed by atoms with E-state index in [0.717, 1.165) is 11.3 Å². The lowest BCUT2D eigenvalue weighted by Crippen LogP contribution is -2.30. The van der Waals surface area contributed by atoms with Crippen LogP contribution in [0.15, 0.2) is 24.3 Å². The fourth-order valence-electron chi connectivity index (χ4n) is 1.62. The van der Waals surface area contributed by atoms with Crippen molar-refractivity contribution < 1.29 is 9.84 Å². The largest absolute Gasteiger partial charge is 0.493 e. The standard InChI is InChI=1S/C14H23NO2/c1-5-17-14-9-7-6-8-12(14)13(16)10-15(4)11(2)3/h6-9,11,13,16H,5,10H2,1-4H3. The minimum atomic E-state index is -0.509. The lowest BCUT2D eigenvalue weighted by atomic mass is 10.1. The average molecular weight is 237 g/mol. The zero-order valence-corrected chi connectivity index (χ0v) is 11.2. The van der Waals surface area contributed by atoms with Crippen LogP contribution < -0.4 is 4.74 Å². The average Bonchev–Trinajstić information content (AvgIpc) is 2.29. The van der Waals surface area contributed by atoms with Gasteiger partial charge in [0.1, 0.15) is 5.75 Å². The van der Waals surface area contributed by atoms with Gasteiger partial charge in [-0.3, -0.25) is 0 Å². The Labute approximate surface area is 104 Å². The number of nitrogens with zero attached hydrogens (tertiary/aromatic N) is 1. The number of benzene rings is 1. The summed E-state index contributed by atoms with van der Waals surface area (Å²) >= 11 is 0. The van der Waals surface area contributed by atoms with Crippen LogP contribution in [0.25, 0.3) is 0 Å². The quantitative estimate of drug-likeness (QED) is 0.825. The van der Waals surface area contributed by atoms with Gasteiger partial charge >= 0.3 is 0 Å². The van der Waals surface area contributed by atoms with Crippen LogP contribution in [0, 0.1) is 0 Å². The summed E-state index contributed by atoms with van der Waals surface area (Å²) in [6.07, 6.45) is -0.509.